The van der Waals surface area contributed by atoms with Crippen LogP contribution in [0.15, 0.2) is 48.5 Å². The van der Waals surface area contributed by atoms with Gasteiger partial charge in [0, 0.05) is 0 Å². The average Bonchev–Trinajstić information content (AvgIpc) is 2.51. The lowest BCUT2D eigenvalue weighted by molar-refractivity contribution is 0.0943. The van der Waals surface area contributed by atoms with Gasteiger partial charge in [-0.25, -0.2) is 4.39 Å². The Balaban J connectivity index is 1.79. The van der Waals surface area contributed by atoms with Crippen LogP contribution in [-0.2, 0) is 5.41 Å². The second-order valence-corrected chi connectivity index (χ2v) is 6.36. The van der Waals surface area contributed by atoms with Crippen molar-refractivity contribution < 1.29 is 13.9 Å². The fourth-order valence-electron chi connectivity index (χ4n) is 2.13. The Kier molecular flexibility index (Phi) is 5.37. The molecule has 122 valence electrons. The first-order chi connectivity index (χ1) is 10.9. The standard InChI is InChI=1S/C19H22FNO2/c1-19(2,3)14-8-10-15(11-9-14)23-13-12-21-18(22)16-6-4-5-7-17(16)20/h4-11H,12-13H2,1-3H3,(H,21,22). The van der Waals surface area contributed by atoms with Gasteiger partial charge in [0.25, 0.3) is 5.91 Å². The van der Waals surface area contributed by atoms with Crippen molar-refractivity contribution in [3.05, 3.63) is 65.5 Å². The molecule has 0 unspecified atom stereocenters. The van der Waals surface area contributed by atoms with Crippen LogP contribution in [0, 0.1) is 5.82 Å². The van der Waals surface area contributed by atoms with Crippen LogP contribution in [0.3, 0.4) is 0 Å². The van der Waals surface area contributed by atoms with Crippen molar-refractivity contribution >= 4 is 5.91 Å². The van der Waals surface area contributed by atoms with Gasteiger partial charge in [0.05, 0.1) is 12.1 Å². The van der Waals surface area contributed by atoms with E-state index in [2.05, 4.69) is 26.1 Å². The van der Waals surface area contributed by atoms with Crippen molar-refractivity contribution in [3.63, 3.8) is 0 Å². The summed E-state index contributed by atoms with van der Waals surface area (Å²) in [6.45, 7) is 7.10. The number of benzene rings is 2. The van der Waals surface area contributed by atoms with E-state index in [1.807, 2.05) is 24.3 Å². The molecular formula is C19H22FNO2. The quantitative estimate of drug-likeness (QED) is 0.849. The minimum absolute atomic E-state index is 0.0435. The van der Waals surface area contributed by atoms with Crippen LogP contribution in [0.25, 0.3) is 0 Å². The predicted octanol–water partition coefficient (Wildman–Crippen LogP) is 3.93. The molecule has 0 radical (unpaired) electrons. The largest absolute Gasteiger partial charge is 0.492 e. The highest BCUT2D eigenvalue weighted by atomic mass is 19.1. The molecule has 0 saturated carbocycles. The Morgan fingerprint density at radius 2 is 1.74 bits per heavy atom. The van der Waals surface area contributed by atoms with Gasteiger partial charge in [-0.3, -0.25) is 4.79 Å². The lowest BCUT2D eigenvalue weighted by Crippen LogP contribution is -2.28. The molecule has 0 aliphatic rings. The number of nitrogens with one attached hydrogen (secondary N) is 1. The third-order valence-corrected chi connectivity index (χ3v) is 3.50. The van der Waals surface area contributed by atoms with Crippen molar-refractivity contribution in [3.8, 4) is 5.75 Å². The van der Waals surface area contributed by atoms with Crippen LogP contribution in [0.2, 0.25) is 0 Å². The van der Waals surface area contributed by atoms with E-state index in [0.717, 1.165) is 5.75 Å². The molecular weight excluding hydrogens is 293 g/mol. The normalized spacial score (nSPS) is 11.1. The van der Waals surface area contributed by atoms with Crippen LogP contribution >= 0.6 is 0 Å². The molecule has 2 aromatic rings. The van der Waals surface area contributed by atoms with Crippen LogP contribution in [0.4, 0.5) is 4.39 Å². The zero-order chi connectivity index (χ0) is 16.9. The summed E-state index contributed by atoms with van der Waals surface area (Å²) in [6, 6.07) is 13.8. The Morgan fingerprint density at radius 3 is 2.35 bits per heavy atom. The summed E-state index contributed by atoms with van der Waals surface area (Å²) in [5.41, 5.74) is 1.38. The van der Waals surface area contributed by atoms with E-state index in [-0.39, 0.29) is 11.0 Å². The minimum atomic E-state index is -0.524. The molecule has 0 heterocycles. The maximum atomic E-state index is 13.5. The smallest absolute Gasteiger partial charge is 0.254 e. The predicted molar refractivity (Wildman–Crippen MR) is 89.4 cm³/mol. The molecule has 0 aliphatic carbocycles. The molecule has 0 atom stereocenters. The number of hydrogen-bond acceptors (Lipinski definition) is 2. The number of amides is 1. The highest BCUT2D eigenvalue weighted by Crippen LogP contribution is 2.24. The third kappa shape index (κ3) is 4.81. The second kappa shape index (κ2) is 7.27. The highest BCUT2D eigenvalue weighted by Gasteiger charge is 2.13. The third-order valence-electron chi connectivity index (χ3n) is 3.50. The van der Waals surface area contributed by atoms with Crippen molar-refractivity contribution in [1.29, 1.82) is 0 Å². The van der Waals surface area contributed by atoms with Crippen LogP contribution in [0.1, 0.15) is 36.7 Å². The first kappa shape index (κ1) is 17.0. The molecule has 2 rings (SSSR count). The zero-order valence-corrected chi connectivity index (χ0v) is 13.7. The van der Waals surface area contributed by atoms with Crippen LogP contribution in [0.5, 0.6) is 5.75 Å². The van der Waals surface area contributed by atoms with Crippen molar-refractivity contribution in [1.82, 2.24) is 5.32 Å². The van der Waals surface area contributed by atoms with E-state index in [1.165, 1.54) is 17.7 Å². The molecule has 0 aliphatic heterocycles. The fourth-order valence-corrected chi connectivity index (χ4v) is 2.13. The van der Waals surface area contributed by atoms with E-state index in [0.29, 0.717) is 13.2 Å². The van der Waals surface area contributed by atoms with Gasteiger partial charge >= 0.3 is 0 Å². The van der Waals surface area contributed by atoms with Gasteiger partial charge in [0.2, 0.25) is 0 Å². The van der Waals surface area contributed by atoms with Crippen molar-refractivity contribution in [2.24, 2.45) is 0 Å². The number of halogens is 1. The molecule has 23 heavy (non-hydrogen) atoms. The van der Waals surface area contributed by atoms with E-state index >= 15 is 0 Å². The Bertz CT molecular complexity index is 660. The molecule has 0 spiro atoms. The Hall–Kier alpha value is -2.36. The molecule has 0 bridgehead atoms. The zero-order valence-electron chi connectivity index (χ0n) is 13.7. The summed E-state index contributed by atoms with van der Waals surface area (Å²) in [5, 5.41) is 2.64. The topological polar surface area (TPSA) is 38.3 Å². The monoisotopic (exact) mass is 315 g/mol. The lowest BCUT2D eigenvalue weighted by Gasteiger charge is -2.19. The summed E-state index contributed by atoms with van der Waals surface area (Å²) in [4.78, 5) is 11.8. The Morgan fingerprint density at radius 1 is 1.09 bits per heavy atom. The summed E-state index contributed by atoms with van der Waals surface area (Å²) >= 11 is 0. The molecule has 0 saturated heterocycles. The van der Waals surface area contributed by atoms with Gasteiger partial charge in [-0.2, -0.15) is 0 Å². The summed E-state index contributed by atoms with van der Waals surface area (Å²) in [5.74, 6) is -0.211. The molecule has 0 fully saturated rings. The number of rotatable bonds is 5. The van der Waals surface area contributed by atoms with Crippen LogP contribution < -0.4 is 10.1 Å². The second-order valence-electron chi connectivity index (χ2n) is 6.36. The summed E-state index contributed by atoms with van der Waals surface area (Å²) in [6.07, 6.45) is 0. The average molecular weight is 315 g/mol. The SMILES string of the molecule is CC(C)(C)c1ccc(OCCNC(=O)c2ccccc2F)cc1. The summed E-state index contributed by atoms with van der Waals surface area (Å²) < 4.78 is 19.0. The number of ether oxygens (including phenoxy) is 1. The molecule has 0 aromatic heterocycles. The first-order valence-corrected chi connectivity index (χ1v) is 7.64. The fraction of sp³-hybridized carbons (Fsp3) is 0.316. The Labute approximate surface area is 136 Å². The van der Waals surface area contributed by atoms with Gasteiger partial charge in [0.15, 0.2) is 0 Å². The van der Waals surface area contributed by atoms with E-state index in [4.69, 9.17) is 4.74 Å². The summed E-state index contributed by atoms with van der Waals surface area (Å²) in [7, 11) is 0. The van der Waals surface area contributed by atoms with E-state index in [9.17, 15) is 9.18 Å². The van der Waals surface area contributed by atoms with E-state index in [1.54, 1.807) is 12.1 Å². The van der Waals surface area contributed by atoms with E-state index < -0.39 is 11.7 Å². The lowest BCUT2D eigenvalue weighted by atomic mass is 9.87. The molecule has 2 aromatic carbocycles. The number of hydrogen-bond donors (Lipinski definition) is 1. The molecule has 1 amide bonds. The maximum absolute atomic E-state index is 13.5. The first-order valence-electron chi connectivity index (χ1n) is 7.64. The van der Waals surface area contributed by atoms with Crippen molar-refractivity contribution in [2.75, 3.05) is 13.2 Å². The van der Waals surface area contributed by atoms with Gasteiger partial charge in [-0.1, -0.05) is 45.0 Å². The minimum Gasteiger partial charge on any atom is -0.492 e. The highest BCUT2D eigenvalue weighted by molar-refractivity contribution is 5.94. The van der Waals surface area contributed by atoms with Gasteiger partial charge in [-0.05, 0) is 35.2 Å². The van der Waals surface area contributed by atoms with Gasteiger partial charge in [0.1, 0.15) is 18.2 Å². The van der Waals surface area contributed by atoms with Crippen molar-refractivity contribution in [2.45, 2.75) is 26.2 Å². The molecule has 3 nitrogen and oxygen atoms in total. The molecule has 1 N–H and O–H groups in total. The van der Waals surface area contributed by atoms with Gasteiger partial charge < -0.3 is 10.1 Å². The van der Waals surface area contributed by atoms with Gasteiger partial charge in [-0.15, -0.1) is 0 Å². The number of carbonyl (C=O) groups excluding carboxylic acids is 1. The number of carbonyl (C=O) groups is 1. The molecule has 4 heteroatoms. The van der Waals surface area contributed by atoms with Crippen LogP contribution in [-0.4, -0.2) is 19.1 Å². The maximum Gasteiger partial charge on any atom is 0.254 e.